The molecule has 582 valence electrons. The Morgan fingerprint density at radius 3 is 0.694 bits per heavy atom. The summed E-state index contributed by atoms with van der Waals surface area (Å²) in [5, 5.41) is 10.6. The van der Waals surface area contributed by atoms with Gasteiger partial charge in [-0.05, 0) is 31.6 Å². The van der Waals surface area contributed by atoms with Crippen LogP contribution in [-0.4, -0.2) is 96.7 Å². The van der Waals surface area contributed by atoms with Crippen molar-refractivity contribution in [3.8, 4) is 0 Å². The maximum atomic E-state index is 13.1. The summed E-state index contributed by atoms with van der Waals surface area (Å²) in [5.74, 6) is -1.43. The highest BCUT2D eigenvalue weighted by Crippen LogP contribution is 2.45. The lowest BCUT2D eigenvalue weighted by atomic mass is 10.0. The van der Waals surface area contributed by atoms with Crippen molar-refractivity contribution in [2.45, 2.75) is 438 Å². The van der Waals surface area contributed by atoms with Gasteiger partial charge in [0.15, 0.2) is 12.2 Å². The SMILES string of the molecule is CCCCCCCCCCCCCCCCCCCCCCCCC(=O)O[C@H](COC(=O)CCCCCCCCCCCCCCCCCCC)COP(=O)(O)OC[C@@H](O)COP(=O)(O)OC[C@@H](COC(=O)CCCCCCCCC(C)C)OC(=O)CCCCCCCCCCCC. The predicted octanol–water partition coefficient (Wildman–Crippen LogP) is 23.6. The molecular formula is C79H154O17P2. The highest BCUT2D eigenvalue weighted by atomic mass is 31.2. The summed E-state index contributed by atoms with van der Waals surface area (Å²) in [6.07, 6.45) is 62.8. The summed E-state index contributed by atoms with van der Waals surface area (Å²) < 4.78 is 68.5. The van der Waals surface area contributed by atoms with E-state index in [1.807, 2.05) is 0 Å². The number of phosphoric acid groups is 2. The first-order valence-electron chi connectivity index (χ1n) is 41.1. The van der Waals surface area contributed by atoms with Crippen LogP contribution in [0.25, 0.3) is 0 Å². The van der Waals surface area contributed by atoms with Crippen LogP contribution in [0, 0.1) is 5.92 Å². The van der Waals surface area contributed by atoms with Gasteiger partial charge in [0.1, 0.15) is 19.3 Å². The Hall–Kier alpha value is -1.94. The molecule has 0 saturated heterocycles. The van der Waals surface area contributed by atoms with Crippen molar-refractivity contribution in [1.29, 1.82) is 0 Å². The molecule has 0 radical (unpaired) electrons. The summed E-state index contributed by atoms with van der Waals surface area (Å²) in [6.45, 7) is 7.21. The van der Waals surface area contributed by atoms with Crippen LogP contribution in [0.15, 0.2) is 0 Å². The molecule has 5 atom stereocenters. The number of ether oxygens (including phenoxy) is 4. The molecule has 0 aromatic rings. The van der Waals surface area contributed by atoms with Gasteiger partial charge in [-0.1, -0.05) is 369 Å². The van der Waals surface area contributed by atoms with Gasteiger partial charge in [-0.25, -0.2) is 9.13 Å². The Labute approximate surface area is 600 Å². The van der Waals surface area contributed by atoms with Crippen LogP contribution in [0.1, 0.15) is 420 Å². The van der Waals surface area contributed by atoms with Gasteiger partial charge >= 0.3 is 39.5 Å². The van der Waals surface area contributed by atoms with E-state index >= 15 is 0 Å². The molecule has 0 aliphatic heterocycles. The van der Waals surface area contributed by atoms with Crippen molar-refractivity contribution in [3.63, 3.8) is 0 Å². The second-order valence-electron chi connectivity index (χ2n) is 28.9. The van der Waals surface area contributed by atoms with Crippen LogP contribution >= 0.6 is 15.6 Å². The van der Waals surface area contributed by atoms with Gasteiger partial charge in [-0.3, -0.25) is 37.3 Å². The lowest BCUT2D eigenvalue weighted by molar-refractivity contribution is -0.161. The third kappa shape index (κ3) is 72.4. The fraction of sp³-hybridized carbons (Fsp3) is 0.949. The first kappa shape index (κ1) is 96.1. The highest BCUT2D eigenvalue weighted by molar-refractivity contribution is 7.47. The van der Waals surface area contributed by atoms with E-state index in [4.69, 9.17) is 37.0 Å². The predicted molar refractivity (Wildman–Crippen MR) is 400 cm³/mol. The fourth-order valence-electron chi connectivity index (χ4n) is 12.2. The number of rotatable bonds is 79. The van der Waals surface area contributed by atoms with E-state index in [2.05, 4.69) is 34.6 Å². The number of aliphatic hydroxyl groups is 1. The second-order valence-corrected chi connectivity index (χ2v) is 31.8. The van der Waals surface area contributed by atoms with Gasteiger partial charge in [-0.15, -0.1) is 0 Å². The highest BCUT2D eigenvalue weighted by Gasteiger charge is 2.30. The standard InChI is InChI=1S/C79H154O17P2/c1-6-9-12-15-18-21-24-26-28-30-31-32-33-34-36-38-40-42-45-48-55-60-65-79(84)95-74(68-89-76(81)62-57-52-46-44-41-39-37-35-29-27-25-22-19-16-13-10-7-2)70-93-97(85,86)91-66-73(80)67-92-98(87,88)94-71-75(69-90-77(82)63-58-53-50-49-51-56-61-72(4)5)96-78(83)64-59-54-47-43-23-20-17-14-11-8-3/h72-75,80H,6-71H2,1-5H3,(H,85,86)(H,87,88)/t73-,74-,75-/m1/s1. The number of unbranched alkanes of at least 4 members (excludes halogenated alkanes) is 51. The van der Waals surface area contributed by atoms with Gasteiger partial charge in [0.05, 0.1) is 26.4 Å². The zero-order valence-electron chi connectivity index (χ0n) is 63.9. The number of aliphatic hydroxyl groups excluding tert-OH is 1. The molecule has 19 heteroatoms. The molecule has 0 amide bonds. The van der Waals surface area contributed by atoms with Crippen molar-refractivity contribution in [2.24, 2.45) is 5.92 Å². The largest absolute Gasteiger partial charge is 0.472 e. The smallest absolute Gasteiger partial charge is 0.462 e. The van der Waals surface area contributed by atoms with Crippen molar-refractivity contribution in [2.75, 3.05) is 39.6 Å². The van der Waals surface area contributed by atoms with E-state index in [0.717, 1.165) is 96.3 Å². The Bertz CT molecular complexity index is 1870. The molecule has 2 unspecified atom stereocenters. The number of hydrogen-bond donors (Lipinski definition) is 3. The first-order valence-corrected chi connectivity index (χ1v) is 44.1. The number of hydrogen-bond acceptors (Lipinski definition) is 15. The van der Waals surface area contributed by atoms with Crippen LogP contribution < -0.4 is 0 Å². The van der Waals surface area contributed by atoms with Crippen LogP contribution in [0.2, 0.25) is 0 Å². The van der Waals surface area contributed by atoms with Crippen LogP contribution in [0.5, 0.6) is 0 Å². The molecule has 3 N–H and O–H groups in total. The van der Waals surface area contributed by atoms with Crippen molar-refractivity contribution >= 4 is 39.5 Å². The molecule has 98 heavy (non-hydrogen) atoms. The zero-order chi connectivity index (χ0) is 71.9. The summed E-state index contributed by atoms with van der Waals surface area (Å²) >= 11 is 0. The summed E-state index contributed by atoms with van der Waals surface area (Å²) in [7, 11) is -9.91. The fourth-order valence-corrected chi connectivity index (χ4v) is 13.8. The van der Waals surface area contributed by atoms with Crippen LogP contribution in [0.4, 0.5) is 0 Å². The lowest BCUT2D eigenvalue weighted by Gasteiger charge is -2.21. The zero-order valence-corrected chi connectivity index (χ0v) is 65.7. The molecule has 0 saturated carbocycles. The molecule has 0 aliphatic carbocycles. The Morgan fingerprint density at radius 2 is 0.469 bits per heavy atom. The minimum Gasteiger partial charge on any atom is -0.462 e. The first-order chi connectivity index (χ1) is 47.5. The Morgan fingerprint density at radius 1 is 0.276 bits per heavy atom. The molecule has 0 aromatic carbocycles. The molecule has 17 nitrogen and oxygen atoms in total. The topological polar surface area (TPSA) is 237 Å². The van der Waals surface area contributed by atoms with Crippen LogP contribution in [-0.2, 0) is 65.4 Å². The molecule has 0 bridgehead atoms. The number of esters is 4. The third-order valence-electron chi connectivity index (χ3n) is 18.5. The molecule has 0 spiro atoms. The maximum Gasteiger partial charge on any atom is 0.472 e. The van der Waals surface area contributed by atoms with Crippen molar-refractivity contribution in [3.05, 3.63) is 0 Å². The van der Waals surface area contributed by atoms with Gasteiger partial charge < -0.3 is 33.8 Å². The molecule has 0 fully saturated rings. The summed E-state index contributed by atoms with van der Waals surface area (Å²) in [4.78, 5) is 72.8. The van der Waals surface area contributed by atoms with E-state index in [9.17, 15) is 43.2 Å². The third-order valence-corrected chi connectivity index (χ3v) is 20.4. The number of phosphoric ester groups is 2. The quantitative estimate of drug-likeness (QED) is 0.0222. The summed E-state index contributed by atoms with van der Waals surface area (Å²) in [5.41, 5.74) is 0. The average Bonchev–Trinajstić information content (AvgIpc) is 1.05. The van der Waals surface area contributed by atoms with E-state index < -0.39 is 97.5 Å². The van der Waals surface area contributed by atoms with E-state index in [0.29, 0.717) is 31.6 Å². The van der Waals surface area contributed by atoms with Crippen molar-refractivity contribution in [1.82, 2.24) is 0 Å². The van der Waals surface area contributed by atoms with Crippen molar-refractivity contribution < 1.29 is 80.2 Å². The van der Waals surface area contributed by atoms with E-state index in [1.165, 1.54) is 238 Å². The molecule has 0 aromatic heterocycles. The van der Waals surface area contributed by atoms with Gasteiger partial charge in [-0.2, -0.15) is 0 Å². The number of carbonyl (C=O) groups is 4. The lowest BCUT2D eigenvalue weighted by Crippen LogP contribution is -2.30. The maximum absolute atomic E-state index is 13.1. The Balaban J connectivity index is 5.17. The Kier molecular flexibility index (Phi) is 70.6. The normalized spacial score (nSPS) is 13.9. The molecule has 0 aliphatic rings. The minimum atomic E-state index is -4.96. The summed E-state index contributed by atoms with van der Waals surface area (Å²) in [6, 6.07) is 0. The van der Waals surface area contributed by atoms with Gasteiger partial charge in [0, 0.05) is 25.7 Å². The average molecular weight is 1440 g/mol. The van der Waals surface area contributed by atoms with E-state index in [-0.39, 0.29) is 25.7 Å². The number of carbonyl (C=O) groups excluding carboxylic acids is 4. The van der Waals surface area contributed by atoms with Gasteiger partial charge in [0.2, 0.25) is 0 Å². The minimum absolute atomic E-state index is 0.106. The van der Waals surface area contributed by atoms with E-state index in [1.54, 1.807) is 0 Å². The van der Waals surface area contributed by atoms with Gasteiger partial charge in [0.25, 0.3) is 0 Å². The molecule has 0 rings (SSSR count). The molecular weight excluding hydrogens is 1280 g/mol. The van der Waals surface area contributed by atoms with Crippen LogP contribution in [0.3, 0.4) is 0 Å². The monoisotopic (exact) mass is 1440 g/mol. The molecule has 0 heterocycles. The second kappa shape index (κ2) is 72.0.